The van der Waals surface area contributed by atoms with E-state index in [1.165, 1.54) is 5.56 Å². The summed E-state index contributed by atoms with van der Waals surface area (Å²) in [5, 5.41) is 3.17. The molecule has 1 amide bonds. The van der Waals surface area contributed by atoms with Crippen LogP contribution in [0.4, 0.5) is 0 Å². The van der Waals surface area contributed by atoms with Crippen molar-refractivity contribution in [3.63, 3.8) is 0 Å². The van der Waals surface area contributed by atoms with E-state index >= 15 is 0 Å². The lowest BCUT2D eigenvalue weighted by Crippen LogP contribution is -2.44. The van der Waals surface area contributed by atoms with E-state index in [1.54, 1.807) is 21.3 Å². The molecule has 3 aromatic carbocycles. The van der Waals surface area contributed by atoms with Crippen molar-refractivity contribution < 1.29 is 19.0 Å². The van der Waals surface area contributed by atoms with Crippen LogP contribution < -0.4 is 19.5 Å². The molecule has 0 bridgehead atoms. The molecule has 1 heterocycles. The number of hydrogen-bond acceptors (Lipinski definition) is 5. The lowest BCUT2D eigenvalue weighted by molar-refractivity contribution is -0.127. The molecular weight excluding hydrogens is 452 g/mol. The van der Waals surface area contributed by atoms with E-state index in [2.05, 4.69) is 34.5 Å². The van der Waals surface area contributed by atoms with E-state index in [0.29, 0.717) is 19.6 Å². The zero-order chi connectivity index (χ0) is 25.3. The number of carbonyl (C=O) groups excluding carboxylic acids is 1. The maximum absolute atomic E-state index is 13.2. The van der Waals surface area contributed by atoms with Crippen molar-refractivity contribution in [2.45, 2.75) is 31.8 Å². The number of carbonyl (C=O) groups is 1. The Morgan fingerprint density at radius 2 is 1.58 bits per heavy atom. The van der Waals surface area contributed by atoms with Gasteiger partial charge in [-0.3, -0.25) is 9.69 Å². The molecule has 2 atom stereocenters. The van der Waals surface area contributed by atoms with Crippen LogP contribution in [0.3, 0.4) is 0 Å². The number of ether oxygens (including phenoxy) is 3. The molecule has 4 rings (SSSR count). The fourth-order valence-electron chi connectivity index (χ4n) is 5.05. The van der Waals surface area contributed by atoms with E-state index in [0.717, 1.165) is 47.6 Å². The first kappa shape index (κ1) is 25.6. The number of methoxy groups -OCH3 is 3. The zero-order valence-electron chi connectivity index (χ0n) is 21.4. The van der Waals surface area contributed by atoms with Crippen molar-refractivity contribution in [2.75, 3.05) is 34.4 Å². The molecule has 1 N–H and O–H groups in total. The van der Waals surface area contributed by atoms with Gasteiger partial charge >= 0.3 is 0 Å². The average Bonchev–Trinajstić information content (AvgIpc) is 2.93. The Hall–Kier alpha value is -3.51. The van der Waals surface area contributed by atoms with Crippen molar-refractivity contribution in [3.05, 3.63) is 89.5 Å². The van der Waals surface area contributed by atoms with Gasteiger partial charge in [0.25, 0.3) is 0 Å². The van der Waals surface area contributed by atoms with Gasteiger partial charge in [0.05, 0.1) is 27.2 Å². The van der Waals surface area contributed by atoms with Gasteiger partial charge in [-0.25, -0.2) is 0 Å². The summed E-state index contributed by atoms with van der Waals surface area (Å²) in [5.41, 5.74) is 3.48. The quantitative estimate of drug-likeness (QED) is 0.434. The van der Waals surface area contributed by atoms with Crippen LogP contribution in [0, 0.1) is 5.92 Å². The summed E-state index contributed by atoms with van der Waals surface area (Å²) in [5.74, 6) is 2.45. The van der Waals surface area contributed by atoms with Crippen molar-refractivity contribution >= 4 is 5.91 Å². The topological polar surface area (TPSA) is 60.0 Å². The van der Waals surface area contributed by atoms with E-state index < -0.39 is 0 Å². The van der Waals surface area contributed by atoms with Crippen LogP contribution in [0.15, 0.2) is 72.8 Å². The monoisotopic (exact) mass is 488 g/mol. The average molecular weight is 489 g/mol. The first-order valence-corrected chi connectivity index (χ1v) is 12.5. The minimum atomic E-state index is -0.0601. The second-order valence-corrected chi connectivity index (χ2v) is 9.20. The van der Waals surface area contributed by atoms with Crippen LogP contribution in [0.1, 0.15) is 35.6 Å². The second kappa shape index (κ2) is 12.5. The maximum atomic E-state index is 13.2. The Morgan fingerprint density at radius 1 is 0.889 bits per heavy atom. The number of likely N-dealkylation sites (tertiary alicyclic amines) is 1. The van der Waals surface area contributed by atoms with Crippen molar-refractivity contribution in [1.29, 1.82) is 0 Å². The summed E-state index contributed by atoms with van der Waals surface area (Å²) < 4.78 is 16.4. The van der Waals surface area contributed by atoms with E-state index in [4.69, 9.17) is 14.2 Å². The third-order valence-corrected chi connectivity index (χ3v) is 6.92. The van der Waals surface area contributed by atoms with Gasteiger partial charge in [0.1, 0.15) is 17.2 Å². The molecule has 3 aromatic rings. The largest absolute Gasteiger partial charge is 0.497 e. The summed E-state index contributed by atoms with van der Waals surface area (Å²) in [6, 6.07) is 24.7. The molecule has 6 heteroatoms. The Kier molecular flexibility index (Phi) is 8.85. The number of hydrogen-bond donors (Lipinski definition) is 1. The molecule has 190 valence electrons. The number of benzene rings is 3. The third kappa shape index (κ3) is 6.38. The number of nitrogens with one attached hydrogen (secondary N) is 1. The van der Waals surface area contributed by atoms with Crippen LogP contribution in [0.25, 0.3) is 0 Å². The molecule has 0 spiro atoms. The van der Waals surface area contributed by atoms with Gasteiger partial charge in [0.15, 0.2) is 0 Å². The SMILES string of the molecule is COc1cc(CN2C[C@H](C(=O)NCCc3ccccc3OC)CC[C@@H]2c2ccccc2)cc(OC)c1. The van der Waals surface area contributed by atoms with Crippen LogP contribution in [0.2, 0.25) is 0 Å². The molecule has 1 aliphatic rings. The predicted molar refractivity (Wildman–Crippen MR) is 142 cm³/mol. The van der Waals surface area contributed by atoms with Crippen LogP contribution >= 0.6 is 0 Å². The summed E-state index contributed by atoms with van der Waals surface area (Å²) in [7, 11) is 5.00. The first-order chi connectivity index (χ1) is 17.6. The smallest absolute Gasteiger partial charge is 0.224 e. The molecule has 0 unspecified atom stereocenters. The summed E-state index contributed by atoms with van der Waals surface area (Å²) in [6.45, 7) is 1.99. The van der Waals surface area contributed by atoms with Gasteiger partial charge in [-0.15, -0.1) is 0 Å². The van der Waals surface area contributed by atoms with E-state index in [1.807, 2.05) is 48.5 Å². The molecule has 1 aliphatic heterocycles. The van der Waals surface area contributed by atoms with Crippen molar-refractivity contribution in [1.82, 2.24) is 10.2 Å². The second-order valence-electron chi connectivity index (χ2n) is 9.20. The van der Waals surface area contributed by atoms with Crippen molar-refractivity contribution in [2.24, 2.45) is 5.92 Å². The minimum absolute atomic E-state index is 0.0601. The number of para-hydroxylation sites is 1. The Balaban J connectivity index is 1.46. The molecule has 0 saturated carbocycles. The van der Waals surface area contributed by atoms with Gasteiger partial charge < -0.3 is 19.5 Å². The van der Waals surface area contributed by atoms with Crippen LogP contribution in [0.5, 0.6) is 17.2 Å². The molecule has 0 aromatic heterocycles. The molecule has 1 fully saturated rings. The van der Waals surface area contributed by atoms with Gasteiger partial charge in [-0.05, 0) is 54.2 Å². The Morgan fingerprint density at radius 3 is 2.28 bits per heavy atom. The standard InChI is InChI=1S/C30H36N2O4/c1-34-26-17-22(18-27(19-26)35-2)20-32-21-25(13-14-28(32)23-9-5-4-6-10-23)30(33)31-16-15-24-11-7-8-12-29(24)36-3/h4-12,17-19,25,28H,13-16,20-21H2,1-3H3,(H,31,33)/t25-,28-/m1/s1. The highest BCUT2D eigenvalue weighted by atomic mass is 16.5. The normalized spacial score (nSPS) is 17.9. The number of amides is 1. The summed E-state index contributed by atoms with van der Waals surface area (Å²) in [6.07, 6.45) is 2.52. The summed E-state index contributed by atoms with van der Waals surface area (Å²) >= 11 is 0. The fourth-order valence-corrected chi connectivity index (χ4v) is 5.05. The fraction of sp³-hybridized carbons (Fsp3) is 0.367. The molecular formula is C30H36N2O4. The molecule has 1 saturated heterocycles. The molecule has 6 nitrogen and oxygen atoms in total. The van der Waals surface area contributed by atoms with Gasteiger partial charge in [0.2, 0.25) is 5.91 Å². The number of rotatable bonds is 10. The predicted octanol–water partition coefficient (Wildman–Crippen LogP) is 5.02. The molecule has 0 aliphatic carbocycles. The number of piperidine rings is 1. The first-order valence-electron chi connectivity index (χ1n) is 12.5. The highest BCUT2D eigenvalue weighted by molar-refractivity contribution is 5.79. The zero-order valence-corrected chi connectivity index (χ0v) is 21.4. The van der Waals surface area contributed by atoms with Crippen molar-refractivity contribution in [3.8, 4) is 17.2 Å². The highest BCUT2D eigenvalue weighted by Crippen LogP contribution is 2.35. The lowest BCUT2D eigenvalue weighted by Gasteiger charge is -2.39. The maximum Gasteiger partial charge on any atom is 0.224 e. The highest BCUT2D eigenvalue weighted by Gasteiger charge is 2.33. The Labute approximate surface area is 214 Å². The minimum Gasteiger partial charge on any atom is -0.497 e. The molecule has 0 radical (unpaired) electrons. The number of nitrogens with zero attached hydrogens (tertiary/aromatic N) is 1. The molecule has 36 heavy (non-hydrogen) atoms. The van der Waals surface area contributed by atoms with Crippen LogP contribution in [-0.2, 0) is 17.8 Å². The Bertz CT molecular complexity index is 1110. The van der Waals surface area contributed by atoms with E-state index in [-0.39, 0.29) is 17.9 Å². The van der Waals surface area contributed by atoms with Crippen LogP contribution in [-0.4, -0.2) is 45.2 Å². The lowest BCUT2D eigenvalue weighted by atomic mass is 9.88. The van der Waals surface area contributed by atoms with Gasteiger partial charge in [-0.2, -0.15) is 0 Å². The summed E-state index contributed by atoms with van der Waals surface area (Å²) in [4.78, 5) is 15.6. The van der Waals surface area contributed by atoms with Gasteiger partial charge in [0, 0.05) is 31.7 Å². The third-order valence-electron chi connectivity index (χ3n) is 6.92. The van der Waals surface area contributed by atoms with E-state index in [9.17, 15) is 4.79 Å². The van der Waals surface area contributed by atoms with Gasteiger partial charge in [-0.1, -0.05) is 48.5 Å².